The molecule has 1 aliphatic carbocycles. The van der Waals surface area contributed by atoms with E-state index in [9.17, 15) is 0 Å². The Hall–Kier alpha value is -11.7. The van der Waals surface area contributed by atoms with Crippen LogP contribution in [0.25, 0.3) is 99.5 Å². The Bertz CT molecular complexity index is 5800. The Morgan fingerprint density at radius 2 is 0.584 bits per heavy atom. The van der Waals surface area contributed by atoms with Crippen LogP contribution in [0, 0.1) is 0 Å². The topological polar surface area (TPSA) is 16.3 Å². The summed E-state index contributed by atoms with van der Waals surface area (Å²) in [5, 5.41) is 5.03. The summed E-state index contributed by atoms with van der Waals surface area (Å²) in [5.74, 6) is 1.13. The lowest BCUT2D eigenvalue weighted by Gasteiger charge is -2.34. The van der Waals surface area contributed by atoms with Crippen LogP contribution in [0.4, 0.5) is 34.1 Å². The first-order valence-corrected chi connectivity index (χ1v) is 42.3. The molecule has 0 saturated carbocycles. The molecule has 4 heteroatoms. The molecule has 113 heavy (non-hydrogen) atoms. The molecule has 0 radical (unpaired) electrons. The summed E-state index contributed by atoms with van der Waals surface area (Å²) in [6, 6.07) is 126. The van der Waals surface area contributed by atoms with Gasteiger partial charge < -0.3 is 18.9 Å². The van der Waals surface area contributed by atoms with Crippen molar-refractivity contribution in [1.29, 1.82) is 0 Å². The summed E-state index contributed by atoms with van der Waals surface area (Å²) >= 11 is 0. The van der Waals surface area contributed by atoms with Crippen molar-refractivity contribution in [2.45, 2.75) is 162 Å². The molecule has 0 amide bonds. The minimum atomic E-state index is 0.0117. The Morgan fingerprint density at radius 3 is 1.04 bits per heavy atom. The van der Waals surface area contributed by atoms with Gasteiger partial charge in [-0.25, -0.2) is 0 Å². The van der Waals surface area contributed by atoms with Crippen molar-refractivity contribution in [2.24, 2.45) is 0 Å². The summed E-state index contributed by atoms with van der Waals surface area (Å²) in [4.78, 5) is 4.75. The van der Waals surface area contributed by atoms with E-state index in [0.29, 0.717) is 11.8 Å². The molecule has 2 atom stereocenters. The first kappa shape index (κ1) is 75.3. The maximum atomic E-state index is 2.66. The van der Waals surface area contributed by atoms with Crippen LogP contribution in [0.2, 0.25) is 0 Å². The van der Waals surface area contributed by atoms with Crippen molar-refractivity contribution in [3.05, 3.63) is 362 Å². The van der Waals surface area contributed by atoms with Gasteiger partial charge in [0.15, 0.2) is 0 Å². The third-order valence-corrected chi connectivity index (χ3v) is 24.6. The van der Waals surface area contributed by atoms with Crippen LogP contribution in [0.3, 0.4) is 0 Å². The van der Waals surface area contributed by atoms with Gasteiger partial charge in [0, 0.05) is 72.5 Å². The molecule has 0 bridgehead atoms. The average molecular weight is 1470 g/mol. The molecule has 0 N–H and O–H groups in total. The number of nitrogens with zero attached hydrogens (tertiary/aromatic N) is 4. The number of unbranched alkanes of at least 4 members (excludes halogenated alkanes) is 10. The van der Waals surface area contributed by atoms with Gasteiger partial charge >= 0.3 is 0 Å². The fourth-order valence-electron chi connectivity index (χ4n) is 18.0. The SMILES string of the molecule is CCC(C)c1ccc(-c2ccc(-n3c4ccccc4c4cc(N(c5ccccc5)c5ccc(-c6ccccc6)cc5)ccc43)cc2)cc1.CCCCCCCCC1(CCCCCCCC)c2cc(C(C)CC)ccc2-c2ccc(-n3c4ccccc4c4cc(N(c5ccccc5)c5ccc(-c6ccccc6)cc5)ccc43)cc21. The second kappa shape index (κ2) is 34.9. The summed E-state index contributed by atoms with van der Waals surface area (Å²) in [6.07, 6.45) is 20.6. The highest BCUT2D eigenvalue weighted by Crippen LogP contribution is 2.56. The monoisotopic (exact) mass is 1470 g/mol. The lowest BCUT2D eigenvalue weighted by Crippen LogP contribution is -2.26. The fraction of sp³-hybridized carbons (Fsp3) is 0.229. The molecule has 14 aromatic carbocycles. The van der Waals surface area contributed by atoms with Crippen LogP contribution in [0.15, 0.2) is 340 Å². The van der Waals surface area contributed by atoms with Crippen LogP contribution in [-0.4, -0.2) is 9.13 Å². The van der Waals surface area contributed by atoms with Gasteiger partial charge in [0.1, 0.15) is 0 Å². The number of anilines is 6. The molecule has 0 spiro atoms. The molecule has 564 valence electrons. The molecule has 0 aliphatic heterocycles. The van der Waals surface area contributed by atoms with E-state index in [-0.39, 0.29) is 5.41 Å². The standard InChI is InChI=1S/C63H70N2.C46H38N2/c1-5-8-10-12-14-24-42-63(43-25-15-13-11-9-6-2)59-44-50(47(4)7-3)34-39-55(59)56-40-37-54(46-60(56)63)65-61-31-23-22-30-57(61)58-45-53(38-41-62(58)65)64(51-28-20-17-21-29-51)52-35-32-49(33-36-52)48-26-18-16-19-27-48;1-3-33(2)34-18-20-36(21-19-34)38-24-28-41(29-25-38)48-45-17-11-10-16-43(45)44-32-42(30-31-46(44)48)47(39-14-8-5-9-15-39)40-26-22-37(23-27-40)35-12-6-4-7-13-35/h16-23,26-41,44-47H,5-15,24-25,42-43H2,1-4H3;4-33H,3H2,1-2H3. The Labute approximate surface area is 671 Å². The summed E-state index contributed by atoms with van der Waals surface area (Å²) in [6.45, 7) is 14.0. The van der Waals surface area contributed by atoms with Crippen molar-refractivity contribution >= 4 is 77.7 Å². The zero-order valence-electron chi connectivity index (χ0n) is 67.1. The average Bonchev–Trinajstić information content (AvgIpc) is 1.55. The smallest absolute Gasteiger partial charge is 0.0542 e. The van der Waals surface area contributed by atoms with Gasteiger partial charge in [-0.1, -0.05) is 337 Å². The van der Waals surface area contributed by atoms with E-state index in [1.807, 2.05) is 0 Å². The van der Waals surface area contributed by atoms with Crippen LogP contribution < -0.4 is 9.80 Å². The minimum absolute atomic E-state index is 0.0117. The van der Waals surface area contributed by atoms with E-state index in [0.717, 1.165) is 52.7 Å². The molecule has 17 rings (SSSR count). The fourth-order valence-corrected chi connectivity index (χ4v) is 18.0. The first-order valence-electron chi connectivity index (χ1n) is 42.3. The highest BCUT2D eigenvalue weighted by atomic mass is 15.1. The number of hydrogen-bond acceptors (Lipinski definition) is 2. The van der Waals surface area contributed by atoms with Gasteiger partial charge in [-0.15, -0.1) is 0 Å². The summed E-state index contributed by atoms with van der Waals surface area (Å²) < 4.78 is 4.95. The van der Waals surface area contributed by atoms with Gasteiger partial charge in [-0.3, -0.25) is 0 Å². The Morgan fingerprint density at radius 1 is 0.257 bits per heavy atom. The van der Waals surface area contributed by atoms with Crippen molar-refractivity contribution in [1.82, 2.24) is 9.13 Å². The lowest BCUT2D eigenvalue weighted by atomic mass is 9.70. The normalized spacial score (nSPS) is 12.7. The van der Waals surface area contributed by atoms with Crippen LogP contribution in [0.1, 0.15) is 178 Å². The van der Waals surface area contributed by atoms with Crippen molar-refractivity contribution in [2.75, 3.05) is 9.80 Å². The quantitative estimate of drug-likeness (QED) is 0.0435. The Balaban J connectivity index is 0.000000178. The van der Waals surface area contributed by atoms with E-state index < -0.39 is 0 Å². The Kier molecular flexibility index (Phi) is 23.3. The number of para-hydroxylation sites is 4. The second-order valence-corrected chi connectivity index (χ2v) is 31.7. The maximum absolute atomic E-state index is 2.66. The molecule has 2 aromatic heterocycles. The van der Waals surface area contributed by atoms with Crippen molar-refractivity contribution < 1.29 is 0 Å². The van der Waals surface area contributed by atoms with Gasteiger partial charge in [0.2, 0.25) is 0 Å². The predicted octanol–water partition coefficient (Wildman–Crippen LogP) is 32.3. The molecule has 16 aromatic rings. The minimum Gasteiger partial charge on any atom is -0.310 e. The number of rotatable bonds is 29. The lowest BCUT2D eigenvalue weighted by molar-refractivity contribution is 0.397. The third-order valence-electron chi connectivity index (χ3n) is 24.6. The van der Waals surface area contributed by atoms with Gasteiger partial charge in [-0.05, 0) is 226 Å². The molecule has 4 nitrogen and oxygen atoms in total. The molecule has 0 fully saturated rings. The van der Waals surface area contributed by atoms with Crippen molar-refractivity contribution in [3.63, 3.8) is 0 Å². The van der Waals surface area contributed by atoms with Gasteiger partial charge in [-0.2, -0.15) is 0 Å². The molecule has 2 heterocycles. The third kappa shape index (κ3) is 15.7. The van der Waals surface area contributed by atoms with Gasteiger partial charge in [0.05, 0.1) is 22.1 Å². The maximum Gasteiger partial charge on any atom is 0.0542 e. The predicted molar refractivity (Wildman–Crippen MR) is 487 cm³/mol. The van der Waals surface area contributed by atoms with E-state index in [1.54, 1.807) is 11.1 Å². The highest BCUT2D eigenvalue weighted by Gasteiger charge is 2.43. The van der Waals surface area contributed by atoms with E-state index in [2.05, 4.69) is 400 Å². The van der Waals surface area contributed by atoms with Crippen LogP contribution in [0.5, 0.6) is 0 Å². The van der Waals surface area contributed by atoms with E-state index >= 15 is 0 Å². The van der Waals surface area contributed by atoms with E-state index in [4.69, 9.17) is 0 Å². The number of fused-ring (bicyclic) bond motifs is 9. The molecule has 1 aliphatic rings. The molecular formula is C109H108N4. The molecule has 0 saturated heterocycles. The molecular weight excluding hydrogens is 1370 g/mol. The number of aromatic nitrogens is 2. The first-order chi connectivity index (χ1) is 55.7. The zero-order chi connectivity index (χ0) is 77.0. The van der Waals surface area contributed by atoms with E-state index in [1.165, 1.54) is 195 Å². The van der Waals surface area contributed by atoms with Crippen LogP contribution >= 0.6 is 0 Å². The van der Waals surface area contributed by atoms with Gasteiger partial charge in [0.25, 0.3) is 0 Å². The number of hydrogen-bond donors (Lipinski definition) is 0. The summed E-state index contributed by atoms with van der Waals surface area (Å²) in [5.41, 5.74) is 30.5. The second-order valence-electron chi connectivity index (χ2n) is 31.7. The van der Waals surface area contributed by atoms with Crippen molar-refractivity contribution in [3.8, 4) is 55.9 Å². The number of benzene rings is 14. The molecule has 2 unspecified atom stereocenters. The largest absolute Gasteiger partial charge is 0.310 e. The summed E-state index contributed by atoms with van der Waals surface area (Å²) in [7, 11) is 0. The zero-order valence-corrected chi connectivity index (χ0v) is 67.1. The van der Waals surface area contributed by atoms with Crippen LogP contribution in [-0.2, 0) is 5.41 Å². The highest BCUT2D eigenvalue weighted by molar-refractivity contribution is 6.12.